The minimum atomic E-state index is -3.64. The van der Waals surface area contributed by atoms with Crippen molar-refractivity contribution < 1.29 is 12.8 Å². The quantitative estimate of drug-likeness (QED) is 0.709. The average Bonchev–Trinajstić information content (AvgIpc) is 2.98. The zero-order valence-electron chi connectivity index (χ0n) is 11.7. The Morgan fingerprint density at radius 2 is 2.19 bits per heavy atom. The van der Waals surface area contributed by atoms with E-state index in [1.165, 1.54) is 18.9 Å². The Morgan fingerprint density at radius 1 is 1.38 bits per heavy atom. The molecule has 0 aromatic carbocycles. The summed E-state index contributed by atoms with van der Waals surface area (Å²) in [5, 5.41) is 9.84. The third-order valence-electron chi connectivity index (χ3n) is 3.43. The maximum Gasteiger partial charge on any atom is 0.274 e. The number of furan rings is 1. The van der Waals surface area contributed by atoms with E-state index in [9.17, 15) is 8.42 Å². The van der Waals surface area contributed by atoms with Crippen LogP contribution in [-0.2, 0) is 23.1 Å². The van der Waals surface area contributed by atoms with Gasteiger partial charge in [0.05, 0.1) is 12.7 Å². The van der Waals surface area contributed by atoms with Crippen molar-refractivity contribution in [3.63, 3.8) is 0 Å². The van der Waals surface area contributed by atoms with E-state index >= 15 is 0 Å². The molecule has 3 rings (SSSR count). The number of hydrogen-bond donors (Lipinski definition) is 3. The molecule has 8 heteroatoms. The standard InChI is InChI=1S/C13H18N4O3S/c1-9-10(6-15-17-9)7-16-21(18,19)13-5-4-12(20-13)8-14-11-2-3-11/h4-6,11,14,16H,2-3,7-8H2,1H3,(H,15,17). The van der Waals surface area contributed by atoms with Crippen LogP contribution in [0.5, 0.6) is 0 Å². The lowest BCUT2D eigenvalue weighted by Crippen LogP contribution is -2.23. The molecule has 0 radical (unpaired) electrons. The van der Waals surface area contributed by atoms with Crippen molar-refractivity contribution in [2.24, 2.45) is 0 Å². The summed E-state index contributed by atoms with van der Waals surface area (Å²) in [4.78, 5) is 0. The van der Waals surface area contributed by atoms with Gasteiger partial charge in [0, 0.05) is 23.8 Å². The SMILES string of the molecule is Cc1[nH]ncc1CNS(=O)(=O)c1ccc(CNC2CC2)o1. The molecule has 1 aliphatic carbocycles. The van der Waals surface area contributed by atoms with Crippen LogP contribution in [0.15, 0.2) is 27.8 Å². The lowest BCUT2D eigenvalue weighted by molar-refractivity contribution is 0.399. The summed E-state index contributed by atoms with van der Waals surface area (Å²) in [5.41, 5.74) is 1.65. The molecular formula is C13H18N4O3S. The highest BCUT2D eigenvalue weighted by Gasteiger charge is 2.22. The number of aryl methyl sites for hydroxylation is 1. The predicted molar refractivity (Wildman–Crippen MR) is 75.9 cm³/mol. The zero-order chi connectivity index (χ0) is 14.9. The summed E-state index contributed by atoms with van der Waals surface area (Å²) in [6, 6.07) is 3.72. The number of hydrogen-bond acceptors (Lipinski definition) is 5. The van der Waals surface area contributed by atoms with E-state index in [2.05, 4.69) is 20.2 Å². The minimum absolute atomic E-state index is 0.0590. The van der Waals surface area contributed by atoms with Gasteiger partial charge in [0.15, 0.2) is 0 Å². The number of rotatable bonds is 7. The summed E-state index contributed by atoms with van der Waals surface area (Å²) in [5.74, 6) is 0.627. The molecule has 0 saturated heterocycles. The van der Waals surface area contributed by atoms with E-state index in [0.717, 1.165) is 11.3 Å². The van der Waals surface area contributed by atoms with Gasteiger partial charge in [0.1, 0.15) is 5.76 Å². The third-order valence-corrected chi connectivity index (χ3v) is 4.70. The van der Waals surface area contributed by atoms with Crippen molar-refractivity contribution in [2.45, 2.75) is 44.0 Å². The Bertz CT molecular complexity index is 715. The molecule has 2 aromatic heterocycles. The fourth-order valence-corrected chi connectivity index (χ4v) is 2.88. The van der Waals surface area contributed by atoms with Crippen LogP contribution in [0.2, 0.25) is 0 Å². The van der Waals surface area contributed by atoms with Crippen molar-refractivity contribution in [3.05, 3.63) is 35.3 Å². The summed E-state index contributed by atoms with van der Waals surface area (Å²) in [6.45, 7) is 2.58. The normalized spacial score (nSPS) is 15.5. The van der Waals surface area contributed by atoms with E-state index in [1.807, 2.05) is 6.92 Å². The largest absolute Gasteiger partial charge is 0.447 e. The fraction of sp³-hybridized carbons (Fsp3) is 0.462. The molecule has 1 aliphatic rings. The number of nitrogens with zero attached hydrogens (tertiary/aromatic N) is 1. The van der Waals surface area contributed by atoms with Crippen molar-refractivity contribution in [1.82, 2.24) is 20.2 Å². The Labute approximate surface area is 123 Å². The first-order chi connectivity index (χ1) is 10.0. The average molecular weight is 310 g/mol. The molecule has 0 amide bonds. The van der Waals surface area contributed by atoms with Gasteiger partial charge in [-0.05, 0) is 31.9 Å². The fourth-order valence-electron chi connectivity index (χ4n) is 1.93. The van der Waals surface area contributed by atoms with E-state index in [0.29, 0.717) is 18.3 Å². The maximum absolute atomic E-state index is 12.1. The smallest absolute Gasteiger partial charge is 0.274 e. The molecule has 0 aliphatic heterocycles. The first kappa shape index (κ1) is 14.3. The number of aromatic nitrogens is 2. The van der Waals surface area contributed by atoms with Crippen LogP contribution in [0.25, 0.3) is 0 Å². The van der Waals surface area contributed by atoms with Crippen LogP contribution < -0.4 is 10.0 Å². The monoisotopic (exact) mass is 310 g/mol. The first-order valence-electron chi connectivity index (χ1n) is 6.85. The summed E-state index contributed by atoms with van der Waals surface area (Å²) >= 11 is 0. The minimum Gasteiger partial charge on any atom is -0.447 e. The number of aromatic amines is 1. The van der Waals surface area contributed by atoms with Crippen LogP contribution in [0.3, 0.4) is 0 Å². The van der Waals surface area contributed by atoms with Gasteiger partial charge in [0.2, 0.25) is 5.09 Å². The second-order valence-corrected chi connectivity index (χ2v) is 6.92. The van der Waals surface area contributed by atoms with Crippen molar-refractivity contribution in [2.75, 3.05) is 0 Å². The van der Waals surface area contributed by atoms with Gasteiger partial charge in [0.25, 0.3) is 10.0 Å². The second kappa shape index (κ2) is 5.63. The van der Waals surface area contributed by atoms with Crippen molar-refractivity contribution >= 4 is 10.0 Å². The van der Waals surface area contributed by atoms with Gasteiger partial charge in [-0.1, -0.05) is 0 Å². The molecule has 3 N–H and O–H groups in total. The molecule has 7 nitrogen and oxygen atoms in total. The summed E-state index contributed by atoms with van der Waals surface area (Å²) in [6.07, 6.45) is 3.96. The highest BCUT2D eigenvalue weighted by atomic mass is 32.2. The van der Waals surface area contributed by atoms with Gasteiger partial charge < -0.3 is 9.73 Å². The van der Waals surface area contributed by atoms with E-state index in [1.54, 1.807) is 12.3 Å². The van der Waals surface area contributed by atoms with Crippen LogP contribution in [-0.4, -0.2) is 24.7 Å². The molecule has 114 valence electrons. The van der Waals surface area contributed by atoms with E-state index < -0.39 is 10.0 Å². The Hall–Kier alpha value is -1.64. The van der Waals surface area contributed by atoms with Gasteiger partial charge in [-0.25, -0.2) is 13.1 Å². The van der Waals surface area contributed by atoms with Gasteiger partial charge in [-0.2, -0.15) is 5.10 Å². The molecule has 0 unspecified atom stereocenters. The van der Waals surface area contributed by atoms with Crippen molar-refractivity contribution in [1.29, 1.82) is 0 Å². The van der Waals surface area contributed by atoms with E-state index in [-0.39, 0.29) is 11.6 Å². The Kier molecular flexibility index (Phi) is 3.83. The molecule has 0 bridgehead atoms. The molecular weight excluding hydrogens is 292 g/mol. The highest BCUT2D eigenvalue weighted by Crippen LogP contribution is 2.20. The zero-order valence-corrected chi connectivity index (χ0v) is 12.5. The maximum atomic E-state index is 12.1. The topological polar surface area (TPSA) is 100 Å². The lowest BCUT2D eigenvalue weighted by atomic mass is 10.3. The first-order valence-corrected chi connectivity index (χ1v) is 8.33. The van der Waals surface area contributed by atoms with Crippen molar-refractivity contribution in [3.8, 4) is 0 Å². The second-order valence-electron chi connectivity index (χ2n) is 5.22. The molecule has 0 atom stereocenters. The summed E-state index contributed by atoms with van der Waals surface area (Å²) in [7, 11) is -3.64. The third kappa shape index (κ3) is 3.52. The number of sulfonamides is 1. The summed E-state index contributed by atoms with van der Waals surface area (Å²) < 4.78 is 32.2. The highest BCUT2D eigenvalue weighted by molar-refractivity contribution is 7.89. The van der Waals surface area contributed by atoms with Gasteiger partial charge >= 0.3 is 0 Å². The molecule has 2 aromatic rings. The van der Waals surface area contributed by atoms with Crippen LogP contribution in [0.4, 0.5) is 0 Å². The van der Waals surface area contributed by atoms with Gasteiger partial charge in [-0.15, -0.1) is 0 Å². The molecule has 0 spiro atoms. The predicted octanol–water partition coefficient (Wildman–Crippen LogP) is 1.04. The van der Waals surface area contributed by atoms with Crippen LogP contribution >= 0.6 is 0 Å². The van der Waals surface area contributed by atoms with Crippen LogP contribution in [0, 0.1) is 6.92 Å². The molecule has 21 heavy (non-hydrogen) atoms. The van der Waals surface area contributed by atoms with Crippen LogP contribution in [0.1, 0.15) is 29.9 Å². The van der Waals surface area contributed by atoms with E-state index in [4.69, 9.17) is 4.42 Å². The lowest BCUT2D eigenvalue weighted by Gasteiger charge is -2.03. The molecule has 1 saturated carbocycles. The Morgan fingerprint density at radius 3 is 2.86 bits per heavy atom. The number of nitrogens with one attached hydrogen (secondary N) is 3. The molecule has 2 heterocycles. The molecule has 1 fully saturated rings. The van der Waals surface area contributed by atoms with Gasteiger partial charge in [-0.3, -0.25) is 5.10 Å². The Balaban J connectivity index is 1.62. The number of H-pyrrole nitrogens is 1.